The van der Waals surface area contributed by atoms with Gasteiger partial charge in [0.1, 0.15) is 6.17 Å². The van der Waals surface area contributed by atoms with E-state index in [1.165, 1.54) is 0 Å². The van der Waals surface area contributed by atoms with Gasteiger partial charge in [0.2, 0.25) is 0 Å². The minimum absolute atomic E-state index is 0.380. The van der Waals surface area contributed by atoms with Crippen molar-refractivity contribution < 1.29 is 9.50 Å². The number of hydrogen-bond donors (Lipinski definition) is 2. The molecule has 0 spiro atoms. The maximum atomic E-state index is 13.1. The van der Waals surface area contributed by atoms with Crippen molar-refractivity contribution in [2.45, 2.75) is 43.5 Å². The van der Waals surface area contributed by atoms with E-state index >= 15 is 0 Å². The summed E-state index contributed by atoms with van der Waals surface area (Å²) >= 11 is 5.90. The molecular formula is C13H17ClFNO. The minimum atomic E-state index is -1.01. The Bertz CT molecular complexity index is 391. The fraction of sp³-hybridized carbons (Fsp3) is 0.538. The third-order valence-corrected chi connectivity index (χ3v) is 3.80. The van der Waals surface area contributed by atoms with E-state index in [0.29, 0.717) is 30.7 Å². The second-order valence-electron chi connectivity index (χ2n) is 4.81. The molecule has 1 atom stereocenters. The highest BCUT2D eigenvalue weighted by atomic mass is 35.5. The molecule has 0 heterocycles. The molecule has 4 heteroatoms. The Morgan fingerprint density at radius 3 is 2.65 bits per heavy atom. The van der Waals surface area contributed by atoms with Crippen LogP contribution < -0.4 is 5.73 Å². The molecule has 1 aliphatic carbocycles. The standard InChI is InChI=1S/C13H17ClFNO/c14-10-3-1-2-9(8-10)12(16)13(17)6-4-11(15)5-7-13/h1-3,8,11-12,17H,4-7,16H2/t11-,12-,13+/m0/s1. The highest BCUT2D eigenvalue weighted by molar-refractivity contribution is 6.30. The van der Waals surface area contributed by atoms with Crippen LogP contribution in [0.25, 0.3) is 0 Å². The first-order chi connectivity index (χ1) is 8.01. The van der Waals surface area contributed by atoms with Crippen LogP contribution in [-0.2, 0) is 0 Å². The van der Waals surface area contributed by atoms with E-state index in [4.69, 9.17) is 17.3 Å². The Morgan fingerprint density at radius 1 is 1.41 bits per heavy atom. The van der Waals surface area contributed by atoms with Crippen molar-refractivity contribution in [1.29, 1.82) is 0 Å². The Labute approximate surface area is 106 Å². The summed E-state index contributed by atoms with van der Waals surface area (Å²) in [6.45, 7) is 0. The van der Waals surface area contributed by atoms with Gasteiger partial charge in [0.15, 0.2) is 0 Å². The fourth-order valence-corrected chi connectivity index (χ4v) is 2.60. The Kier molecular flexibility index (Phi) is 3.71. The molecule has 0 amide bonds. The van der Waals surface area contributed by atoms with Crippen LogP contribution in [0.5, 0.6) is 0 Å². The molecule has 1 aliphatic rings. The Balaban J connectivity index is 2.16. The zero-order chi connectivity index (χ0) is 12.5. The van der Waals surface area contributed by atoms with E-state index in [2.05, 4.69) is 0 Å². The van der Waals surface area contributed by atoms with Crippen molar-refractivity contribution in [2.75, 3.05) is 0 Å². The largest absolute Gasteiger partial charge is 0.388 e. The van der Waals surface area contributed by atoms with Crippen LogP contribution in [-0.4, -0.2) is 16.9 Å². The zero-order valence-corrected chi connectivity index (χ0v) is 10.3. The first kappa shape index (κ1) is 12.8. The maximum absolute atomic E-state index is 13.1. The summed E-state index contributed by atoms with van der Waals surface area (Å²) in [6, 6.07) is 6.66. The quantitative estimate of drug-likeness (QED) is 0.856. The van der Waals surface area contributed by atoms with E-state index in [-0.39, 0.29) is 0 Å². The molecule has 1 fully saturated rings. The van der Waals surface area contributed by atoms with Gasteiger partial charge in [0, 0.05) is 5.02 Å². The van der Waals surface area contributed by atoms with Crippen molar-refractivity contribution in [2.24, 2.45) is 5.73 Å². The summed E-state index contributed by atoms with van der Waals surface area (Å²) < 4.78 is 13.1. The van der Waals surface area contributed by atoms with Crippen LogP contribution in [0.1, 0.15) is 37.3 Å². The van der Waals surface area contributed by atoms with Crippen LogP contribution in [0.2, 0.25) is 5.02 Å². The molecule has 1 saturated carbocycles. The third kappa shape index (κ3) is 2.79. The summed E-state index contributed by atoms with van der Waals surface area (Å²) in [5, 5.41) is 11.1. The number of nitrogens with two attached hydrogens (primary N) is 1. The van der Waals surface area contributed by atoms with Gasteiger partial charge in [-0.25, -0.2) is 4.39 Å². The van der Waals surface area contributed by atoms with Crippen LogP contribution in [0, 0.1) is 0 Å². The molecule has 0 aliphatic heterocycles. The number of rotatable bonds is 2. The number of aliphatic hydroxyl groups is 1. The second kappa shape index (κ2) is 4.92. The second-order valence-corrected chi connectivity index (χ2v) is 5.25. The van der Waals surface area contributed by atoms with Gasteiger partial charge in [-0.05, 0) is 43.4 Å². The molecule has 0 bridgehead atoms. The summed E-state index contributed by atoms with van der Waals surface area (Å²) in [4.78, 5) is 0. The maximum Gasteiger partial charge on any atom is 0.100 e. The van der Waals surface area contributed by atoms with Crippen LogP contribution in [0.3, 0.4) is 0 Å². The molecule has 1 aromatic carbocycles. The average molecular weight is 258 g/mol. The van der Waals surface area contributed by atoms with Crippen molar-refractivity contribution in [3.8, 4) is 0 Å². The smallest absolute Gasteiger partial charge is 0.100 e. The van der Waals surface area contributed by atoms with E-state index in [1.807, 2.05) is 12.1 Å². The normalized spacial score (nSPS) is 31.2. The Morgan fingerprint density at radius 2 is 2.06 bits per heavy atom. The van der Waals surface area contributed by atoms with Gasteiger partial charge in [-0.1, -0.05) is 23.7 Å². The average Bonchev–Trinajstić information content (AvgIpc) is 2.32. The molecule has 0 radical (unpaired) electrons. The lowest BCUT2D eigenvalue weighted by molar-refractivity contribution is -0.0363. The molecule has 0 aromatic heterocycles. The molecule has 0 saturated heterocycles. The lowest BCUT2D eigenvalue weighted by atomic mass is 9.77. The topological polar surface area (TPSA) is 46.2 Å². The summed E-state index contributed by atoms with van der Waals surface area (Å²) in [7, 11) is 0. The Hall–Kier alpha value is -0.640. The lowest BCUT2D eigenvalue weighted by Gasteiger charge is -2.38. The highest BCUT2D eigenvalue weighted by Crippen LogP contribution is 2.38. The van der Waals surface area contributed by atoms with E-state index in [9.17, 15) is 9.50 Å². The van der Waals surface area contributed by atoms with E-state index in [1.54, 1.807) is 12.1 Å². The monoisotopic (exact) mass is 257 g/mol. The minimum Gasteiger partial charge on any atom is -0.388 e. The SMILES string of the molecule is N[C@@H](c1cccc(Cl)c1)[C@]1(O)CC[C@@H](F)CC1. The van der Waals surface area contributed by atoms with Crippen molar-refractivity contribution in [1.82, 2.24) is 0 Å². The van der Waals surface area contributed by atoms with Crippen LogP contribution >= 0.6 is 11.6 Å². The molecule has 17 heavy (non-hydrogen) atoms. The van der Waals surface area contributed by atoms with Gasteiger partial charge in [-0.3, -0.25) is 0 Å². The van der Waals surface area contributed by atoms with Crippen molar-refractivity contribution in [3.63, 3.8) is 0 Å². The van der Waals surface area contributed by atoms with Crippen LogP contribution in [0.15, 0.2) is 24.3 Å². The number of hydrogen-bond acceptors (Lipinski definition) is 2. The zero-order valence-electron chi connectivity index (χ0n) is 9.57. The summed E-state index contributed by atoms with van der Waals surface area (Å²) in [5.41, 5.74) is 5.88. The van der Waals surface area contributed by atoms with Gasteiger partial charge in [0.05, 0.1) is 11.6 Å². The summed E-state index contributed by atoms with van der Waals surface area (Å²) in [5.74, 6) is 0. The van der Waals surface area contributed by atoms with Crippen LogP contribution in [0.4, 0.5) is 4.39 Å². The third-order valence-electron chi connectivity index (χ3n) is 3.57. The molecule has 0 unspecified atom stereocenters. The first-order valence-corrected chi connectivity index (χ1v) is 6.26. The van der Waals surface area contributed by atoms with E-state index < -0.39 is 17.8 Å². The molecule has 2 rings (SSSR count). The van der Waals surface area contributed by atoms with Gasteiger partial charge >= 0.3 is 0 Å². The predicted octanol–water partition coefficient (Wildman–Crippen LogP) is 2.98. The van der Waals surface area contributed by atoms with Gasteiger partial charge < -0.3 is 10.8 Å². The molecule has 94 valence electrons. The van der Waals surface area contributed by atoms with Crippen molar-refractivity contribution >= 4 is 11.6 Å². The number of benzene rings is 1. The van der Waals surface area contributed by atoms with Gasteiger partial charge in [0.25, 0.3) is 0 Å². The number of alkyl halides is 1. The predicted molar refractivity (Wildman–Crippen MR) is 66.7 cm³/mol. The van der Waals surface area contributed by atoms with E-state index in [0.717, 1.165) is 5.56 Å². The molecule has 2 nitrogen and oxygen atoms in total. The van der Waals surface area contributed by atoms with Gasteiger partial charge in [-0.2, -0.15) is 0 Å². The highest BCUT2D eigenvalue weighted by Gasteiger charge is 2.39. The van der Waals surface area contributed by atoms with Crippen molar-refractivity contribution in [3.05, 3.63) is 34.9 Å². The lowest BCUT2D eigenvalue weighted by Crippen LogP contribution is -2.44. The number of halogens is 2. The molecule has 3 N–H and O–H groups in total. The molecule has 1 aromatic rings. The summed E-state index contributed by atoms with van der Waals surface area (Å²) in [6.07, 6.45) is 0.765. The fourth-order valence-electron chi connectivity index (χ4n) is 2.40. The first-order valence-electron chi connectivity index (χ1n) is 5.89. The molecular weight excluding hydrogens is 241 g/mol. The van der Waals surface area contributed by atoms with Gasteiger partial charge in [-0.15, -0.1) is 0 Å².